The third kappa shape index (κ3) is 3.92. The summed E-state index contributed by atoms with van der Waals surface area (Å²) in [4.78, 5) is 0.438. The molecule has 1 aliphatic heterocycles. The number of alkyl halides is 3. The Kier molecular flexibility index (Phi) is 5.19. The highest BCUT2D eigenvalue weighted by Gasteiger charge is 2.43. The minimum atomic E-state index is -2.98. The molecule has 0 spiro atoms. The SMILES string of the molecule is CC1(c2cc(C3CC(C)(S(=O)c4cccc(C(F)(F)I)c4)CCO3)[nH]n2)CC1. The number of halogens is 3. The minimum absolute atomic E-state index is 0.123. The molecule has 4 rings (SSSR count). The zero-order valence-electron chi connectivity index (χ0n) is 15.8. The third-order valence-electron chi connectivity index (χ3n) is 5.95. The fourth-order valence-corrected chi connectivity index (χ4v) is 5.58. The zero-order valence-corrected chi connectivity index (χ0v) is 18.8. The quantitative estimate of drug-likeness (QED) is 0.427. The lowest BCUT2D eigenvalue weighted by atomic mass is 9.94. The maximum atomic E-state index is 13.7. The van der Waals surface area contributed by atoms with Crippen molar-refractivity contribution in [2.45, 2.75) is 64.6 Å². The number of nitrogens with one attached hydrogen (secondary N) is 1. The first-order chi connectivity index (χ1) is 13.1. The van der Waals surface area contributed by atoms with Crippen molar-refractivity contribution in [3.8, 4) is 0 Å². The number of benzene rings is 1. The lowest BCUT2D eigenvalue weighted by Crippen LogP contribution is -2.39. The van der Waals surface area contributed by atoms with Crippen molar-refractivity contribution in [3.63, 3.8) is 0 Å². The number of aromatic amines is 1. The van der Waals surface area contributed by atoms with E-state index in [0.717, 1.165) is 46.8 Å². The lowest BCUT2D eigenvalue weighted by Gasteiger charge is -2.37. The van der Waals surface area contributed by atoms with Gasteiger partial charge in [0.2, 0.25) is 0 Å². The molecule has 0 bridgehead atoms. The average Bonchev–Trinajstić information content (AvgIpc) is 3.20. The van der Waals surface area contributed by atoms with Crippen LogP contribution in [0.25, 0.3) is 0 Å². The van der Waals surface area contributed by atoms with Crippen molar-refractivity contribution < 1.29 is 17.7 Å². The molecule has 3 atom stereocenters. The van der Waals surface area contributed by atoms with Gasteiger partial charge >= 0.3 is 3.93 Å². The second-order valence-electron chi connectivity index (χ2n) is 8.33. The Labute approximate surface area is 179 Å². The molecule has 2 heterocycles. The van der Waals surface area contributed by atoms with Gasteiger partial charge in [0.15, 0.2) is 0 Å². The number of aromatic nitrogens is 2. The third-order valence-corrected chi connectivity index (χ3v) is 8.52. The first-order valence-corrected chi connectivity index (χ1v) is 11.6. The fraction of sp³-hybridized carbons (Fsp3) is 0.550. The zero-order chi connectivity index (χ0) is 20.2. The van der Waals surface area contributed by atoms with Crippen molar-refractivity contribution >= 4 is 33.4 Å². The van der Waals surface area contributed by atoms with E-state index in [4.69, 9.17) is 4.74 Å². The summed E-state index contributed by atoms with van der Waals surface area (Å²) in [6, 6.07) is 8.00. The van der Waals surface area contributed by atoms with E-state index in [1.165, 1.54) is 12.1 Å². The van der Waals surface area contributed by atoms with Crippen molar-refractivity contribution in [3.05, 3.63) is 47.3 Å². The number of hydrogen-bond acceptors (Lipinski definition) is 3. The van der Waals surface area contributed by atoms with Crippen LogP contribution in [-0.4, -0.2) is 25.8 Å². The highest BCUT2D eigenvalue weighted by atomic mass is 127. The van der Waals surface area contributed by atoms with Crippen LogP contribution in [0, 0.1) is 0 Å². The van der Waals surface area contributed by atoms with Gasteiger partial charge in [-0.3, -0.25) is 9.31 Å². The number of H-pyrrole nitrogens is 1. The van der Waals surface area contributed by atoms with Crippen LogP contribution in [0.15, 0.2) is 35.2 Å². The Morgan fingerprint density at radius 2 is 2.04 bits per heavy atom. The second kappa shape index (κ2) is 7.12. The van der Waals surface area contributed by atoms with E-state index in [1.54, 1.807) is 12.1 Å². The Balaban J connectivity index is 1.55. The summed E-state index contributed by atoms with van der Waals surface area (Å²) in [7, 11) is -1.42. The molecular formula is C20H23F2IN2O2S. The van der Waals surface area contributed by atoms with Crippen LogP contribution in [0.2, 0.25) is 0 Å². The molecule has 1 aromatic heterocycles. The number of hydrogen-bond donors (Lipinski definition) is 1. The molecule has 1 N–H and O–H groups in total. The standard InChI is InChI=1S/C20H23F2IN2O2S/c1-18(6-7-18)17-11-15(24-25-17)16-12-19(2,8-9-27-16)28(26)14-5-3-4-13(10-14)20(21,22)23/h3-5,10-11,16H,6-9,12H2,1-2H3,(H,24,25). The van der Waals surface area contributed by atoms with E-state index < -0.39 is 19.5 Å². The van der Waals surface area contributed by atoms with E-state index in [9.17, 15) is 13.0 Å². The molecule has 8 heteroatoms. The largest absolute Gasteiger partial charge is 0.372 e. The average molecular weight is 520 g/mol. The minimum Gasteiger partial charge on any atom is -0.372 e. The molecule has 2 aliphatic rings. The van der Waals surface area contributed by atoms with Crippen LogP contribution in [0.3, 0.4) is 0 Å². The van der Waals surface area contributed by atoms with Crippen molar-refractivity contribution in [1.82, 2.24) is 10.2 Å². The van der Waals surface area contributed by atoms with E-state index in [0.29, 0.717) is 24.3 Å². The summed E-state index contributed by atoms with van der Waals surface area (Å²) >= 11 is 1.10. The van der Waals surface area contributed by atoms with Crippen LogP contribution in [-0.2, 0) is 24.9 Å². The highest BCUT2D eigenvalue weighted by molar-refractivity contribution is 14.1. The highest BCUT2D eigenvalue weighted by Crippen LogP contribution is 2.48. The van der Waals surface area contributed by atoms with Gasteiger partial charge in [-0.25, -0.2) is 0 Å². The van der Waals surface area contributed by atoms with Gasteiger partial charge in [0.05, 0.1) is 26.9 Å². The predicted octanol–water partition coefficient (Wildman–Crippen LogP) is 5.36. The Bertz CT molecular complexity index is 910. The molecule has 3 unspecified atom stereocenters. The number of ether oxygens (including phenoxy) is 1. The molecule has 1 aliphatic carbocycles. The Morgan fingerprint density at radius 1 is 1.29 bits per heavy atom. The van der Waals surface area contributed by atoms with E-state index >= 15 is 0 Å². The summed E-state index contributed by atoms with van der Waals surface area (Å²) in [6.45, 7) is 4.62. The van der Waals surface area contributed by atoms with Gasteiger partial charge < -0.3 is 4.74 Å². The molecule has 152 valence electrons. The molecule has 1 saturated heterocycles. The van der Waals surface area contributed by atoms with Crippen molar-refractivity contribution in [2.24, 2.45) is 0 Å². The Hall–Kier alpha value is -0.870. The monoisotopic (exact) mass is 520 g/mol. The van der Waals surface area contributed by atoms with Crippen LogP contribution < -0.4 is 0 Å². The summed E-state index contributed by atoms with van der Waals surface area (Å²) in [5.41, 5.74) is 2.00. The topological polar surface area (TPSA) is 55.0 Å². The summed E-state index contributed by atoms with van der Waals surface area (Å²) < 4.78 is 43.1. The molecule has 2 fully saturated rings. The molecular weight excluding hydrogens is 497 g/mol. The van der Waals surface area contributed by atoms with Gasteiger partial charge in [0.25, 0.3) is 0 Å². The number of rotatable bonds is 5. The first kappa shape index (κ1) is 20.4. The fourth-order valence-electron chi connectivity index (χ4n) is 3.67. The van der Waals surface area contributed by atoms with Crippen LogP contribution in [0.4, 0.5) is 8.78 Å². The maximum absolute atomic E-state index is 13.7. The van der Waals surface area contributed by atoms with Gasteiger partial charge in [-0.1, -0.05) is 19.1 Å². The molecule has 2 aromatic rings. The predicted molar refractivity (Wildman–Crippen MR) is 112 cm³/mol. The van der Waals surface area contributed by atoms with Gasteiger partial charge in [0.1, 0.15) is 6.10 Å². The van der Waals surface area contributed by atoms with Gasteiger partial charge in [-0.05, 0) is 50.8 Å². The Morgan fingerprint density at radius 3 is 2.71 bits per heavy atom. The van der Waals surface area contributed by atoms with E-state index in [1.807, 2.05) is 6.92 Å². The maximum Gasteiger partial charge on any atom is 0.321 e. The van der Waals surface area contributed by atoms with Crippen molar-refractivity contribution in [2.75, 3.05) is 6.61 Å². The van der Waals surface area contributed by atoms with Crippen LogP contribution in [0.1, 0.15) is 62.6 Å². The molecule has 0 radical (unpaired) electrons. The van der Waals surface area contributed by atoms with E-state index in [-0.39, 0.29) is 17.1 Å². The summed E-state index contributed by atoms with van der Waals surface area (Å²) in [5, 5.41) is 7.54. The first-order valence-electron chi connectivity index (χ1n) is 9.37. The molecule has 0 amide bonds. The van der Waals surface area contributed by atoms with Gasteiger partial charge in [0, 0.05) is 45.1 Å². The summed E-state index contributed by atoms with van der Waals surface area (Å²) in [6.07, 6.45) is 3.22. The smallest absolute Gasteiger partial charge is 0.321 e. The second-order valence-corrected chi connectivity index (χ2v) is 11.7. The van der Waals surface area contributed by atoms with Gasteiger partial charge in [-0.2, -0.15) is 13.9 Å². The molecule has 1 aromatic carbocycles. The lowest BCUT2D eigenvalue weighted by molar-refractivity contribution is -0.00128. The van der Waals surface area contributed by atoms with Crippen LogP contribution >= 0.6 is 22.6 Å². The number of nitrogens with zero attached hydrogens (tertiary/aromatic N) is 1. The summed E-state index contributed by atoms with van der Waals surface area (Å²) in [5.74, 6) is 0. The van der Waals surface area contributed by atoms with Crippen molar-refractivity contribution in [1.29, 1.82) is 0 Å². The normalized spacial score (nSPS) is 28.1. The molecule has 28 heavy (non-hydrogen) atoms. The molecule has 1 saturated carbocycles. The van der Waals surface area contributed by atoms with E-state index in [2.05, 4.69) is 23.2 Å². The molecule has 4 nitrogen and oxygen atoms in total. The van der Waals surface area contributed by atoms with Crippen LogP contribution in [0.5, 0.6) is 0 Å². The van der Waals surface area contributed by atoms with Gasteiger partial charge in [-0.15, -0.1) is 0 Å².